The molecule has 0 saturated carbocycles. The minimum absolute atomic E-state index is 0. The smallest absolute Gasteiger partial charge is 0.227 e. The number of halogens is 3. The van der Waals surface area contributed by atoms with Gasteiger partial charge >= 0.3 is 0 Å². The Morgan fingerprint density at radius 3 is 2.56 bits per heavy atom. The molecule has 2 N–H and O–H groups in total. The molecule has 3 rings (SSSR count). The maximum atomic E-state index is 12.5. The molecule has 2 aromatic carbocycles. The summed E-state index contributed by atoms with van der Waals surface area (Å²) < 4.78 is 5.79. The summed E-state index contributed by atoms with van der Waals surface area (Å²) in [5.74, 6) is 0.0770. The predicted octanol–water partition coefficient (Wildman–Crippen LogP) is 4.14. The summed E-state index contributed by atoms with van der Waals surface area (Å²) in [6, 6.07) is 12.8. The maximum absolute atomic E-state index is 12.5. The Morgan fingerprint density at radius 2 is 1.88 bits per heavy atom. The van der Waals surface area contributed by atoms with Crippen LogP contribution in [0.1, 0.15) is 17.2 Å². The average Bonchev–Trinajstić information content (AvgIpc) is 2.59. The molecule has 0 spiro atoms. The van der Waals surface area contributed by atoms with E-state index in [-0.39, 0.29) is 24.4 Å². The molecule has 4 nitrogen and oxygen atoms in total. The Hall–Kier alpha value is -1.46. The van der Waals surface area contributed by atoms with Crippen LogP contribution in [0.5, 0.6) is 0 Å². The first-order chi connectivity index (χ1) is 11.5. The largest absolute Gasteiger partial charge is 0.399 e. The third-order valence-electron chi connectivity index (χ3n) is 4.07. The number of amides is 1. The SMILES string of the molecule is Cl.Nc1ccc(CC(=O)N2CCOC(c3ccc(Cl)c(Cl)c3)C2)cc1. The molecular formula is C18H19Cl3N2O2. The number of nitrogens with zero attached hydrogens (tertiary/aromatic N) is 1. The van der Waals surface area contributed by atoms with E-state index in [0.717, 1.165) is 11.1 Å². The molecule has 25 heavy (non-hydrogen) atoms. The third kappa shape index (κ3) is 5.02. The van der Waals surface area contributed by atoms with Gasteiger partial charge in [0.05, 0.1) is 29.6 Å². The number of nitrogen functional groups attached to an aromatic ring is 1. The number of morpholine rings is 1. The summed E-state index contributed by atoms with van der Waals surface area (Å²) in [5.41, 5.74) is 8.24. The number of nitrogens with two attached hydrogens (primary N) is 1. The standard InChI is InChI=1S/C18H18Cl2N2O2.ClH/c19-15-6-3-13(10-16(15)20)17-11-22(7-8-24-17)18(23)9-12-1-4-14(21)5-2-12;/h1-6,10,17H,7-9,11,21H2;1H. The summed E-state index contributed by atoms with van der Waals surface area (Å²) >= 11 is 12.0. The van der Waals surface area contributed by atoms with E-state index in [0.29, 0.717) is 41.8 Å². The van der Waals surface area contributed by atoms with E-state index in [4.69, 9.17) is 33.7 Å². The molecule has 1 saturated heterocycles. The van der Waals surface area contributed by atoms with Gasteiger partial charge in [0.25, 0.3) is 0 Å². The van der Waals surface area contributed by atoms with Crippen molar-refractivity contribution in [1.29, 1.82) is 0 Å². The Labute approximate surface area is 163 Å². The Bertz CT molecular complexity index is 738. The topological polar surface area (TPSA) is 55.6 Å². The third-order valence-corrected chi connectivity index (χ3v) is 4.81. The molecule has 1 aliphatic rings. The summed E-state index contributed by atoms with van der Waals surface area (Å²) in [7, 11) is 0. The van der Waals surface area contributed by atoms with Gasteiger partial charge in [-0.2, -0.15) is 0 Å². The summed E-state index contributed by atoms with van der Waals surface area (Å²) in [4.78, 5) is 14.4. The molecule has 134 valence electrons. The van der Waals surface area contributed by atoms with Crippen LogP contribution in [-0.4, -0.2) is 30.5 Å². The van der Waals surface area contributed by atoms with E-state index in [2.05, 4.69) is 0 Å². The van der Waals surface area contributed by atoms with Gasteiger partial charge in [-0.05, 0) is 35.4 Å². The van der Waals surface area contributed by atoms with E-state index in [1.165, 1.54) is 0 Å². The van der Waals surface area contributed by atoms with E-state index in [1.54, 1.807) is 24.3 Å². The number of benzene rings is 2. The zero-order valence-corrected chi connectivity index (χ0v) is 15.8. The second-order valence-electron chi connectivity index (χ2n) is 5.79. The summed E-state index contributed by atoms with van der Waals surface area (Å²) in [5, 5.41) is 0.996. The van der Waals surface area contributed by atoms with Gasteiger partial charge in [-0.3, -0.25) is 4.79 Å². The van der Waals surface area contributed by atoms with Crippen molar-refractivity contribution in [2.24, 2.45) is 0 Å². The van der Waals surface area contributed by atoms with Crippen LogP contribution in [0, 0.1) is 0 Å². The maximum Gasteiger partial charge on any atom is 0.227 e. The van der Waals surface area contributed by atoms with Crippen molar-refractivity contribution in [2.75, 3.05) is 25.4 Å². The molecule has 1 heterocycles. The van der Waals surface area contributed by atoms with Crippen molar-refractivity contribution < 1.29 is 9.53 Å². The van der Waals surface area contributed by atoms with E-state index < -0.39 is 0 Å². The first-order valence-corrected chi connectivity index (χ1v) is 8.47. The molecule has 0 radical (unpaired) electrons. The lowest BCUT2D eigenvalue weighted by molar-refractivity contribution is -0.138. The minimum atomic E-state index is -0.191. The number of ether oxygens (including phenoxy) is 1. The minimum Gasteiger partial charge on any atom is -0.399 e. The monoisotopic (exact) mass is 400 g/mol. The molecular weight excluding hydrogens is 383 g/mol. The summed E-state index contributed by atoms with van der Waals surface area (Å²) in [6.45, 7) is 1.59. The number of hydrogen-bond donors (Lipinski definition) is 1. The first kappa shape index (κ1) is 19.9. The number of anilines is 1. The second-order valence-corrected chi connectivity index (χ2v) is 6.61. The Morgan fingerprint density at radius 1 is 1.16 bits per heavy atom. The van der Waals surface area contributed by atoms with Gasteiger partial charge in [-0.1, -0.05) is 41.4 Å². The fraction of sp³-hybridized carbons (Fsp3) is 0.278. The van der Waals surface area contributed by atoms with Gasteiger partial charge in [0.1, 0.15) is 6.10 Å². The number of rotatable bonds is 3. The van der Waals surface area contributed by atoms with Crippen molar-refractivity contribution in [3.63, 3.8) is 0 Å². The van der Waals surface area contributed by atoms with Crippen LogP contribution < -0.4 is 5.73 Å². The highest BCUT2D eigenvalue weighted by atomic mass is 35.5. The highest BCUT2D eigenvalue weighted by Crippen LogP contribution is 2.29. The lowest BCUT2D eigenvalue weighted by atomic mass is 10.1. The Balaban J connectivity index is 0.00000225. The zero-order valence-electron chi connectivity index (χ0n) is 13.5. The predicted molar refractivity (Wildman–Crippen MR) is 104 cm³/mol. The second kappa shape index (κ2) is 8.77. The van der Waals surface area contributed by atoms with E-state index >= 15 is 0 Å². The van der Waals surface area contributed by atoms with Crippen molar-refractivity contribution >= 4 is 47.2 Å². The molecule has 2 aromatic rings. The van der Waals surface area contributed by atoms with Crippen molar-refractivity contribution in [3.8, 4) is 0 Å². The van der Waals surface area contributed by atoms with Gasteiger partial charge in [-0.15, -0.1) is 12.4 Å². The van der Waals surface area contributed by atoms with Crippen LogP contribution >= 0.6 is 35.6 Å². The molecule has 1 atom stereocenters. The fourth-order valence-corrected chi connectivity index (χ4v) is 3.02. The normalized spacial score (nSPS) is 17.0. The van der Waals surface area contributed by atoms with Crippen LogP contribution in [-0.2, 0) is 16.0 Å². The van der Waals surface area contributed by atoms with E-state index in [1.807, 2.05) is 23.1 Å². The molecule has 1 fully saturated rings. The van der Waals surface area contributed by atoms with Crippen LogP contribution in [0.2, 0.25) is 10.0 Å². The van der Waals surface area contributed by atoms with Gasteiger partial charge in [-0.25, -0.2) is 0 Å². The number of hydrogen-bond acceptors (Lipinski definition) is 3. The van der Waals surface area contributed by atoms with Gasteiger partial charge in [0.15, 0.2) is 0 Å². The molecule has 0 aromatic heterocycles. The fourth-order valence-electron chi connectivity index (χ4n) is 2.71. The van der Waals surface area contributed by atoms with Crippen LogP contribution in [0.4, 0.5) is 5.69 Å². The highest BCUT2D eigenvalue weighted by molar-refractivity contribution is 6.42. The first-order valence-electron chi connectivity index (χ1n) is 7.71. The van der Waals surface area contributed by atoms with Crippen LogP contribution in [0.15, 0.2) is 42.5 Å². The van der Waals surface area contributed by atoms with Crippen molar-refractivity contribution in [1.82, 2.24) is 4.90 Å². The van der Waals surface area contributed by atoms with Crippen molar-refractivity contribution in [2.45, 2.75) is 12.5 Å². The molecule has 1 unspecified atom stereocenters. The van der Waals surface area contributed by atoms with Crippen LogP contribution in [0.3, 0.4) is 0 Å². The van der Waals surface area contributed by atoms with Crippen LogP contribution in [0.25, 0.3) is 0 Å². The zero-order chi connectivity index (χ0) is 17.1. The average molecular weight is 402 g/mol. The Kier molecular flexibility index (Phi) is 6.96. The quantitative estimate of drug-likeness (QED) is 0.786. The molecule has 0 bridgehead atoms. The van der Waals surface area contributed by atoms with Crippen molar-refractivity contribution in [3.05, 3.63) is 63.6 Å². The van der Waals surface area contributed by atoms with Gasteiger partial charge < -0.3 is 15.4 Å². The molecule has 1 aliphatic heterocycles. The van der Waals surface area contributed by atoms with E-state index in [9.17, 15) is 4.79 Å². The molecule has 7 heteroatoms. The number of carbonyl (C=O) groups is 1. The highest BCUT2D eigenvalue weighted by Gasteiger charge is 2.25. The molecule has 0 aliphatic carbocycles. The van der Waals surface area contributed by atoms with Gasteiger partial charge in [0.2, 0.25) is 5.91 Å². The lowest BCUT2D eigenvalue weighted by Crippen LogP contribution is -2.43. The molecule has 1 amide bonds. The lowest BCUT2D eigenvalue weighted by Gasteiger charge is -2.33. The summed E-state index contributed by atoms with van der Waals surface area (Å²) in [6.07, 6.45) is 0.165. The number of carbonyl (C=O) groups excluding carboxylic acids is 1. The van der Waals surface area contributed by atoms with Gasteiger partial charge in [0, 0.05) is 12.2 Å².